The SMILES string of the molecule is CCC(Sc1cccc(NC(=O)COc2ccccc2)c1)C(=O)Nc1nc(-c2ccc(Cl)cc2)cs1. The predicted molar refractivity (Wildman–Crippen MR) is 148 cm³/mol. The topological polar surface area (TPSA) is 80.3 Å². The van der Waals surface area contributed by atoms with Crippen LogP contribution in [0.15, 0.2) is 89.1 Å². The Morgan fingerprint density at radius 3 is 2.56 bits per heavy atom. The van der Waals surface area contributed by atoms with E-state index in [0.29, 0.717) is 28.0 Å². The number of thiazole rings is 1. The summed E-state index contributed by atoms with van der Waals surface area (Å²) in [6.07, 6.45) is 0.632. The molecule has 1 heterocycles. The molecule has 2 amide bonds. The van der Waals surface area contributed by atoms with Gasteiger partial charge in [-0.05, 0) is 48.9 Å². The monoisotopic (exact) mass is 537 g/mol. The Balaban J connectivity index is 1.33. The maximum atomic E-state index is 13.0. The van der Waals surface area contributed by atoms with E-state index in [9.17, 15) is 9.59 Å². The minimum absolute atomic E-state index is 0.0901. The second-order valence-electron chi connectivity index (χ2n) is 7.73. The van der Waals surface area contributed by atoms with Gasteiger partial charge in [-0.2, -0.15) is 0 Å². The Labute approximate surface area is 223 Å². The molecule has 3 aromatic carbocycles. The van der Waals surface area contributed by atoms with Crippen LogP contribution in [-0.2, 0) is 9.59 Å². The summed E-state index contributed by atoms with van der Waals surface area (Å²) < 4.78 is 5.49. The van der Waals surface area contributed by atoms with Crippen molar-refractivity contribution in [3.8, 4) is 17.0 Å². The number of amides is 2. The second-order valence-corrected chi connectivity index (χ2v) is 10.3. The van der Waals surface area contributed by atoms with Gasteiger partial charge in [0.1, 0.15) is 5.75 Å². The first-order chi connectivity index (χ1) is 17.5. The van der Waals surface area contributed by atoms with Crippen molar-refractivity contribution in [2.75, 3.05) is 17.2 Å². The molecule has 1 unspecified atom stereocenters. The lowest BCUT2D eigenvalue weighted by Crippen LogP contribution is -2.24. The van der Waals surface area contributed by atoms with Crippen molar-refractivity contribution in [1.82, 2.24) is 4.98 Å². The number of rotatable bonds is 10. The van der Waals surface area contributed by atoms with Gasteiger partial charge in [0.25, 0.3) is 5.91 Å². The molecule has 1 aromatic heterocycles. The summed E-state index contributed by atoms with van der Waals surface area (Å²) in [6, 6.07) is 24.0. The highest BCUT2D eigenvalue weighted by Gasteiger charge is 2.20. The molecule has 0 aliphatic heterocycles. The number of thioether (sulfide) groups is 1. The Hall–Kier alpha value is -3.33. The lowest BCUT2D eigenvalue weighted by molar-refractivity contribution is -0.118. The number of para-hydroxylation sites is 1. The Morgan fingerprint density at radius 1 is 1.03 bits per heavy atom. The van der Waals surface area contributed by atoms with Gasteiger partial charge in [-0.15, -0.1) is 23.1 Å². The van der Waals surface area contributed by atoms with E-state index in [2.05, 4.69) is 15.6 Å². The van der Waals surface area contributed by atoms with Gasteiger partial charge < -0.3 is 15.4 Å². The van der Waals surface area contributed by atoms with Gasteiger partial charge >= 0.3 is 0 Å². The van der Waals surface area contributed by atoms with Crippen molar-refractivity contribution >= 4 is 57.3 Å². The predicted octanol–water partition coefficient (Wildman–Crippen LogP) is 6.99. The molecule has 4 aromatic rings. The molecule has 1 atom stereocenters. The van der Waals surface area contributed by atoms with E-state index in [1.807, 2.05) is 73.0 Å². The van der Waals surface area contributed by atoms with Crippen molar-refractivity contribution in [3.05, 3.63) is 89.3 Å². The molecule has 4 rings (SSSR count). The summed E-state index contributed by atoms with van der Waals surface area (Å²) >= 11 is 8.78. The molecule has 184 valence electrons. The van der Waals surface area contributed by atoms with Crippen LogP contribution in [0.3, 0.4) is 0 Å². The average molecular weight is 538 g/mol. The number of hydrogen-bond donors (Lipinski definition) is 2. The Morgan fingerprint density at radius 2 is 1.81 bits per heavy atom. The molecule has 0 radical (unpaired) electrons. The number of aromatic nitrogens is 1. The van der Waals surface area contributed by atoms with Gasteiger partial charge in [0.15, 0.2) is 11.7 Å². The van der Waals surface area contributed by atoms with Crippen LogP contribution in [0.4, 0.5) is 10.8 Å². The molecule has 0 saturated heterocycles. The second kappa shape index (κ2) is 12.6. The highest BCUT2D eigenvalue weighted by Crippen LogP contribution is 2.30. The number of anilines is 2. The number of nitrogens with zero attached hydrogens (tertiary/aromatic N) is 1. The number of hydrogen-bond acceptors (Lipinski definition) is 6. The van der Waals surface area contributed by atoms with E-state index in [0.717, 1.165) is 16.2 Å². The fourth-order valence-corrected chi connectivity index (χ4v) is 5.13. The van der Waals surface area contributed by atoms with Gasteiger partial charge in [-0.25, -0.2) is 4.98 Å². The molecule has 6 nitrogen and oxygen atoms in total. The van der Waals surface area contributed by atoms with Crippen LogP contribution in [0, 0.1) is 0 Å². The third kappa shape index (κ3) is 7.34. The maximum Gasteiger partial charge on any atom is 0.262 e. The molecule has 0 fully saturated rings. The van der Waals surface area contributed by atoms with Crippen molar-refractivity contribution in [2.45, 2.75) is 23.5 Å². The molecular weight excluding hydrogens is 514 g/mol. The number of nitrogens with one attached hydrogen (secondary N) is 2. The van der Waals surface area contributed by atoms with Gasteiger partial charge in [0.2, 0.25) is 5.91 Å². The minimum atomic E-state index is -0.319. The van der Waals surface area contributed by atoms with Crippen molar-refractivity contribution < 1.29 is 14.3 Å². The highest BCUT2D eigenvalue weighted by molar-refractivity contribution is 8.00. The highest BCUT2D eigenvalue weighted by atomic mass is 35.5. The van der Waals surface area contributed by atoms with Crippen LogP contribution in [0.25, 0.3) is 11.3 Å². The number of halogens is 1. The summed E-state index contributed by atoms with van der Waals surface area (Å²) in [4.78, 5) is 30.7. The molecule has 2 N–H and O–H groups in total. The zero-order valence-corrected chi connectivity index (χ0v) is 21.8. The first-order valence-corrected chi connectivity index (χ1v) is 13.4. The van der Waals surface area contributed by atoms with Crippen molar-refractivity contribution in [3.63, 3.8) is 0 Å². The average Bonchev–Trinajstić information content (AvgIpc) is 3.35. The molecule has 0 saturated carbocycles. The van der Waals surface area contributed by atoms with Gasteiger partial charge in [-0.1, -0.05) is 54.9 Å². The fourth-order valence-electron chi connectivity index (χ4n) is 3.27. The zero-order chi connectivity index (χ0) is 25.3. The van der Waals surface area contributed by atoms with E-state index < -0.39 is 0 Å². The van der Waals surface area contributed by atoms with Gasteiger partial charge in [-0.3, -0.25) is 9.59 Å². The first kappa shape index (κ1) is 25.8. The van der Waals surface area contributed by atoms with Crippen molar-refractivity contribution in [1.29, 1.82) is 0 Å². The van der Waals surface area contributed by atoms with Crippen LogP contribution < -0.4 is 15.4 Å². The number of ether oxygens (including phenoxy) is 1. The van der Waals surface area contributed by atoms with Crippen LogP contribution >= 0.6 is 34.7 Å². The maximum absolute atomic E-state index is 13.0. The summed E-state index contributed by atoms with van der Waals surface area (Å²) in [7, 11) is 0. The summed E-state index contributed by atoms with van der Waals surface area (Å²) in [5.41, 5.74) is 2.36. The third-order valence-electron chi connectivity index (χ3n) is 5.05. The zero-order valence-electron chi connectivity index (χ0n) is 19.4. The summed E-state index contributed by atoms with van der Waals surface area (Å²) in [5.74, 6) is 0.255. The molecule has 0 aliphatic rings. The van der Waals surface area contributed by atoms with Crippen LogP contribution in [0.5, 0.6) is 5.75 Å². The number of carbonyl (C=O) groups is 2. The van der Waals surface area contributed by atoms with E-state index in [-0.39, 0.29) is 23.7 Å². The van der Waals surface area contributed by atoms with Gasteiger partial charge in [0.05, 0.1) is 10.9 Å². The molecule has 0 aliphatic carbocycles. The van der Waals surface area contributed by atoms with Crippen molar-refractivity contribution in [2.24, 2.45) is 0 Å². The number of carbonyl (C=O) groups excluding carboxylic acids is 2. The van der Waals surface area contributed by atoms with Crippen LogP contribution in [0.1, 0.15) is 13.3 Å². The molecule has 0 bridgehead atoms. The molecule has 36 heavy (non-hydrogen) atoms. The molecule has 0 spiro atoms. The summed E-state index contributed by atoms with van der Waals surface area (Å²) in [5, 5.41) is 8.56. The van der Waals surface area contributed by atoms with Gasteiger partial charge in [0, 0.05) is 26.5 Å². The van der Waals surface area contributed by atoms with E-state index in [4.69, 9.17) is 16.3 Å². The van der Waals surface area contributed by atoms with Crippen LogP contribution in [-0.4, -0.2) is 28.7 Å². The van der Waals surface area contributed by atoms with E-state index >= 15 is 0 Å². The smallest absolute Gasteiger partial charge is 0.262 e. The lowest BCUT2D eigenvalue weighted by atomic mass is 10.2. The first-order valence-electron chi connectivity index (χ1n) is 11.3. The normalized spacial score (nSPS) is 11.5. The standard InChI is InChI=1S/C27H24ClN3O3S2/c1-2-24(26(33)31-27-30-23(17-35-27)18-11-13-19(28)14-12-18)36-22-10-6-7-20(15-22)29-25(32)16-34-21-8-4-3-5-9-21/h3-15,17,24H,2,16H2,1H3,(H,29,32)(H,30,31,33). The Kier molecular flexibility index (Phi) is 9.00. The van der Waals surface area contributed by atoms with E-state index in [1.54, 1.807) is 18.2 Å². The quantitative estimate of drug-likeness (QED) is 0.213. The lowest BCUT2D eigenvalue weighted by Gasteiger charge is -2.14. The molecule has 9 heteroatoms. The fraction of sp³-hybridized carbons (Fsp3) is 0.148. The van der Waals surface area contributed by atoms with Crippen LogP contribution in [0.2, 0.25) is 5.02 Å². The third-order valence-corrected chi connectivity index (χ3v) is 7.41. The largest absolute Gasteiger partial charge is 0.484 e. The van der Waals surface area contributed by atoms with E-state index in [1.165, 1.54) is 23.1 Å². The number of benzene rings is 3. The summed E-state index contributed by atoms with van der Waals surface area (Å²) in [6.45, 7) is 1.87. The Bertz CT molecular complexity index is 1310. The minimum Gasteiger partial charge on any atom is -0.484 e. The molecular formula is C27H24ClN3O3S2.